The van der Waals surface area contributed by atoms with E-state index in [4.69, 9.17) is 14.9 Å². The highest BCUT2D eigenvalue weighted by Gasteiger charge is 2.34. The number of aryl methyl sites for hydroxylation is 1. The molecular formula is C16H23NO2. The molecule has 2 atom stereocenters. The molecule has 104 valence electrons. The van der Waals surface area contributed by atoms with Gasteiger partial charge in [0.05, 0.1) is 11.6 Å². The molecule has 2 rings (SSSR count). The Hall–Kier alpha value is -1.32. The molecule has 0 fully saturated rings. The summed E-state index contributed by atoms with van der Waals surface area (Å²) in [5.74, 6) is 0.794. The van der Waals surface area contributed by atoms with E-state index in [1.165, 1.54) is 0 Å². The summed E-state index contributed by atoms with van der Waals surface area (Å²) in [4.78, 5) is 0. The van der Waals surface area contributed by atoms with E-state index in [1.54, 1.807) is 0 Å². The number of fused-ring (bicyclic) bond motifs is 1. The number of ether oxygens (including phenoxy) is 1. The van der Waals surface area contributed by atoms with Crippen molar-refractivity contribution in [3.8, 4) is 0 Å². The van der Waals surface area contributed by atoms with Crippen molar-refractivity contribution < 1.29 is 9.15 Å². The summed E-state index contributed by atoms with van der Waals surface area (Å²) in [7, 11) is 0. The number of hydrogen-bond acceptors (Lipinski definition) is 3. The van der Waals surface area contributed by atoms with Crippen molar-refractivity contribution in [3.63, 3.8) is 0 Å². The third-order valence-corrected chi connectivity index (χ3v) is 3.90. The van der Waals surface area contributed by atoms with Crippen LogP contribution in [0.2, 0.25) is 0 Å². The minimum Gasteiger partial charge on any atom is -0.459 e. The van der Waals surface area contributed by atoms with Crippen LogP contribution in [0.1, 0.15) is 44.6 Å². The van der Waals surface area contributed by atoms with Gasteiger partial charge in [-0.2, -0.15) is 0 Å². The van der Waals surface area contributed by atoms with Crippen molar-refractivity contribution in [3.05, 3.63) is 35.6 Å². The van der Waals surface area contributed by atoms with E-state index in [-0.39, 0.29) is 6.04 Å². The zero-order chi connectivity index (χ0) is 14.0. The highest BCUT2D eigenvalue weighted by molar-refractivity contribution is 5.81. The summed E-state index contributed by atoms with van der Waals surface area (Å²) in [6.45, 7) is 8.81. The van der Waals surface area contributed by atoms with Gasteiger partial charge >= 0.3 is 0 Å². The molecule has 0 radical (unpaired) electrons. The first-order chi connectivity index (χ1) is 9.01. The van der Waals surface area contributed by atoms with Crippen LogP contribution in [0, 0.1) is 6.92 Å². The number of para-hydroxylation sites is 1. The van der Waals surface area contributed by atoms with Gasteiger partial charge in [0, 0.05) is 12.0 Å². The normalized spacial score (nSPS) is 16.5. The molecule has 0 aliphatic heterocycles. The number of furan rings is 1. The molecule has 0 spiro atoms. The summed E-state index contributed by atoms with van der Waals surface area (Å²) in [5.41, 5.74) is 8.02. The highest BCUT2D eigenvalue weighted by Crippen LogP contribution is 2.34. The Kier molecular flexibility index (Phi) is 3.97. The molecule has 1 heterocycles. The van der Waals surface area contributed by atoms with Crippen LogP contribution in [0.15, 0.2) is 28.7 Å². The Morgan fingerprint density at radius 1 is 1.37 bits per heavy atom. The second-order valence-corrected chi connectivity index (χ2v) is 5.22. The second kappa shape index (κ2) is 5.35. The predicted octanol–water partition coefficient (Wildman–Crippen LogP) is 3.95. The quantitative estimate of drug-likeness (QED) is 0.886. The fourth-order valence-corrected chi connectivity index (χ4v) is 2.42. The maximum Gasteiger partial charge on any atom is 0.137 e. The van der Waals surface area contributed by atoms with Crippen molar-refractivity contribution in [2.45, 2.75) is 45.8 Å². The smallest absolute Gasteiger partial charge is 0.137 e. The van der Waals surface area contributed by atoms with Gasteiger partial charge in [-0.25, -0.2) is 0 Å². The topological polar surface area (TPSA) is 48.4 Å². The Morgan fingerprint density at radius 3 is 2.68 bits per heavy atom. The Labute approximate surface area is 114 Å². The predicted molar refractivity (Wildman–Crippen MR) is 78.2 cm³/mol. The van der Waals surface area contributed by atoms with Crippen LogP contribution in [0.3, 0.4) is 0 Å². The van der Waals surface area contributed by atoms with Gasteiger partial charge in [-0.15, -0.1) is 0 Å². The maximum absolute atomic E-state index is 6.37. The van der Waals surface area contributed by atoms with E-state index in [0.29, 0.717) is 6.61 Å². The first-order valence-electron chi connectivity index (χ1n) is 6.90. The third kappa shape index (κ3) is 2.53. The molecule has 2 N–H and O–H groups in total. The summed E-state index contributed by atoms with van der Waals surface area (Å²) >= 11 is 0. The molecule has 2 unspecified atom stereocenters. The Bertz CT molecular complexity index is 561. The van der Waals surface area contributed by atoms with Gasteiger partial charge in [0.15, 0.2) is 0 Å². The molecule has 2 aromatic rings. The molecule has 0 amide bonds. The summed E-state index contributed by atoms with van der Waals surface area (Å²) in [5, 5.41) is 1.10. The number of rotatable bonds is 5. The maximum atomic E-state index is 6.37. The first kappa shape index (κ1) is 14.1. The molecule has 3 heteroatoms. The lowest BCUT2D eigenvalue weighted by molar-refractivity contribution is -0.0511. The molecule has 0 aliphatic carbocycles. The van der Waals surface area contributed by atoms with Crippen LogP contribution < -0.4 is 5.73 Å². The third-order valence-electron chi connectivity index (χ3n) is 3.90. The molecule has 0 saturated heterocycles. The fraction of sp³-hybridized carbons (Fsp3) is 0.500. The molecule has 19 heavy (non-hydrogen) atoms. The Balaban J connectivity index is 2.40. The van der Waals surface area contributed by atoms with E-state index in [1.807, 2.05) is 45.0 Å². The van der Waals surface area contributed by atoms with Gasteiger partial charge in [0.1, 0.15) is 11.3 Å². The van der Waals surface area contributed by atoms with E-state index in [9.17, 15) is 0 Å². The Morgan fingerprint density at radius 2 is 2.11 bits per heavy atom. The average molecular weight is 261 g/mol. The van der Waals surface area contributed by atoms with Crippen LogP contribution in [0.5, 0.6) is 0 Å². The van der Waals surface area contributed by atoms with E-state index in [0.717, 1.165) is 28.7 Å². The van der Waals surface area contributed by atoms with Gasteiger partial charge in [0.25, 0.3) is 0 Å². The van der Waals surface area contributed by atoms with Crippen LogP contribution in [0.4, 0.5) is 0 Å². The van der Waals surface area contributed by atoms with E-state index < -0.39 is 5.60 Å². The second-order valence-electron chi connectivity index (χ2n) is 5.22. The summed E-state index contributed by atoms with van der Waals surface area (Å²) in [6.07, 6.45) is 0.845. The van der Waals surface area contributed by atoms with Crippen molar-refractivity contribution in [2.24, 2.45) is 5.73 Å². The average Bonchev–Trinajstić information content (AvgIpc) is 2.83. The van der Waals surface area contributed by atoms with Crippen LogP contribution in [-0.2, 0) is 4.74 Å². The van der Waals surface area contributed by atoms with Gasteiger partial charge in [-0.3, -0.25) is 0 Å². The highest BCUT2D eigenvalue weighted by atomic mass is 16.5. The van der Waals surface area contributed by atoms with Gasteiger partial charge < -0.3 is 14.9 Å². The van der Waals surface area contributed by atoms with Crippen molar-refractivity contribution in [1.29, 1.82) is 0 Å². The number of benzene rings is 1. The van der Waals surface area contributed by atoms with Crippen LogP contribution in [-0.4, -0.2) is 12.2 Å². The van der Waals surface area contributed by atoms with Crippen molar-refractivity contribution >= 4 is 11.0 Å². The lowest BCUT2D eigenvalue weighted by atomic mass is 9.92. The molecule has 0 bridgehead atoms. The van der Waals surface area contributed by atoms with Crippen molar-refractivity contribution in [2.75, 3.05) is 6.61 Å². The number of nitrogens with two attached hydrogens (primary N) is 1. The zero-order valence-corrected chi connectivity index (χ0v) is 12.2. The minimum atomic E-state index is -0.392. The first-order valence-corrected chi connectivity index (χ1v) is 6.90. The minimum absolute atomic E-state index is 0.260. The van der Waals surface area contributed by atoms with Gasteiger partial charge in [0.2, 0.25) is 0 Å². The molecule has 1 aromatic carbocycles. The fourth-order valence-electron chi connectivity index (χ4n) is 2.42. The summed E-state index contributed by atoms with van der Waals surface area (Å²) in [6, 6.07) is 7.89. The van der Waals surface area contributed by atoms with Gasteiger partial charge in [-0.1, -0.05) is 25.1 Å². The molecule has 0 saturated carbocycles. The zero-order valence-electron chi connectivity index (χ0n) is 12.2. The van der Waals surface area contributed by atoms with Crippen LogP contribution >= 0.6 is 0 Å². The molecule has 1 aromatic heterocycles. The molecule has 0 aliphatic rings. The molecule has 3 nitrogen and oxygen atoms in total. The van der Waals surface area contributed by atoms with Gasteiger partial charge in [-0.05, 0) is 38.8 Å². The monoisotopic (exact) mass is 261 g/mol. The van der Waals surface area contributed by atoms with E-state index in [2.05, 4.69) is 6.92 Å². The van der Waals surface area contributed by atoms with Crippen LogP contribution in [0.25, 0.3) is 11.0 Å². The summed E-state index contributed by atoms with van der Waals surface area (Å²) < 4.78 is 11.8. The van der Waals surface area contributed by atoms with Crippen molar-refractivity contribution in [1.82, 2.24) is 0 Å². The lowest BCUT2D eigenvalue weighted by Gasteiger charge is -2.33. The largest absolute Gasteiger partial charge is 0.459 e. The lowest BCUT2D eigenvalue weighted by Crippen LogP contribution is -2.40. The molecular weight excluding hydrogens is 238 g/mol. The van der Waals surface area contributed by atoms with E-state index >= 15 is 0 Å². The standard InChI is InChI=1S/C16H23NO2/c1-5-16(4,18-6-2)15(17)13-10-12-9-7-8-11(3)14(12)19-13/h7-10,15H,5-6,17H2,1-4H3. The SMILES string of the molecule is CCOC(C)(CC)C(N)c1cc2cccc(C)c2o1. The number of hydrogen-bond donors (Lipinski definition) is 1.